The molecule has 1 fully saturated rings. The number of nitrogens with one attached hydrogen (secondary N) is 1. The Balaban J connectivity index is 2.09. The quantitative estimate of drug-likeness (QED) is 0.642. The third kappa shape index (κ3) is 3.44. The van der Waals surface area contributed by atoms with E-state index in [0.29, 0.717) is 10.9 Å². The van der Waals surface area contributed by atoms with Gasteiger partial charge in [-0.1, -0.05) is 43.7 Å². The summed E-state index contributed by atoms with van der Waals surface area (Å²) in [6.07, 6.45) is 7.32. The topological polar surface area (TPSA) is 38.0 Å². The largest absolute Gasteiger partial charge is 0.271 e. The Morgan fingerprint density at radius 2 is 2.06 bits per heavy atom. The van der Waals surface area contributed by atoms with E-state index in [1.807, 2.05) is 0 Å². The first-order valence-electron chi connectivity index (χ1n) is 6.62. The minimum absolute atomic E-state index is 0.0590. The van der Waals surface area contributed by atoms with Crippen molar-refractivity contribution in [2.45, 2.75) is 44.6 Å². The third-order valence-corrected chi connectivity index (χ3v) is 4.17. The van der Waals surface area contributed by atoms with Crippen LogP contribution >= 0.6 is 11.6 Å². The van der Waals surface area contributed by atoms with Crippen molar-refractivity contribution in [2.24, 2.45) is 11.8 Å². The fourth-order valence-electron chi connectivity index (χ4n) is 2.82. The molecule has 18 heavy (non-hydrogen) atoms. The lowest BCUT2D eigenvalue weighted by atomic mass is 9.83. The summed E-state index contributed by atoms with van der Waals surface area (Å²) in [5.41, 5.74) is 3.55. The highest BCUT2D eigenvalue weighted by Gasteiger charge is 2.21. The Bertz CT molecular complexity index is 391. The average Bonchev–Trinajstić information content (AvgIpc) is 2.40. The Morgan fingerprint density at radius 1 is 1.33 bits per heavy atom. The van der Waals surface area contributed by atoms with Crippen molar-refractivity contribution in [3.63, 3.8) is 0 Å². The zero-order valence-corrected chi connectivity index (χ0v) is 11.2. The van der Waals surface area contributed by atoms with Gasteiger partial charge in [-0.2, -0.15) is 0 Å². The molecule has 100 valence electrons. The van der Waals surface area contributed by atoms with Gasteiger partial charge in [-0.05, 0) is 36.1 Å². The van der Waals surface area contributed by atoms with Crippen LogP contribution in [0.4, 0.5) is 4.39 Å². The summed E-state index contributed by atoms with van der Waals surface area (Å²) in [5, 5.41) is 0.579. The second-order valence-electron chi connectivity index (χ2n) is 5.12. The Morgan fingerprint density at radius 3 is 2.72 bits per heavy atom. The molecule has 1 aromatic carbocycles. The highest BCUT2D eigenvalue weighted by molar-refractivity contribution is 6.31. The summed E-state index contributed by atoms with van der Waals surface area (Å²) in [7, 11) is 0. The van der Waals surface area contributed by atoms with E-state index in [4.69, 9.17) is 17.4 Å². The van der Waals surface area contributed by atoms with Gasteiger partial charge in [-0.15, -0.1) is 0 Å². The summed E-state index contributed by atoms with van der Waals surface area (Å²) >= 11 is 6.13. The molecular formula is C14H20ClFN2. The molecule has 1 unspecified atom stereocenters. The molecule has 1 aliphatic carbocycles. The molecule has 0 aromatic heterocycles. The van der Waals surface area contributed by atoms with Crippen molar-refractivity contribution in [1.29, 1.82) is 0 Å². The number of hydrazine groups is 1. The molecule has 0 spiro atoms. The summed E-state index contributed by atoms with van der Waals surface area (Å²) in [6, 6.07) is 4.39. The van der Waals surface area contributed by atoms with Gasteiger partial charge in [0, 0.05) is 11.1 Å². The summed E-state index contributed by atoms with van der Waals surface area (Å²) < 4.78 is 13.3. The number of nitrogens with two attached hydrogens (primary N) is 1. The zero-order valence-electron chi connectivity index (χ0n) is 10.5. The predicted molar refractivity (Wildman–Crippen MR) is 72.7 cm³/mol. The molecule has 0 bridgehead atoms. The molecule has 2 rings (SSSR count). The van der Waals surface area contributed by atoms with Crippen molar-refractivity contribution < 1.29 is 4.39 Å². The first kappa shape index (κ1) is 13.8. The molecule has 0 aliphatic heterocycles. The molecule has 1 aromatic rings. The summed E-state index contributed by atoms with van der Waals surface area (Å²) in [6.45, 7) is 0. The van der Waals surface area contributed by atoms with E-state index in [1.165, 1.54) is 44.2 Å². The molecule has 1 saturated carbocycles. The molecule has 0 amide bonds. The smallest absolute Gasteiger partial charge is 0.123 e. The third-order valence-electron chi connectivity index (χ3n) is 3.83. The van der Waals surface area contributed by atoms with E-state index >= 15 is 0 Å². The van der Waals surface area contributed by atoms with Crippen LogP contribution < -0.4 is 11.3 Å². The van der Waals surface area contributed by atoms with Crippen LogP contribution in [0.5, 0.6) is 0 Å². The molecule has 2 nitrogen and oxygen atoms in total. The Kier molecular flexibility index (Phi) is 4.98. The van der Waals surface area contributed by atoms with Gasteiger partial charge < -0.3 is 0 Å². The summed E-state index contributed by atoms with van der Waals surface area (Å²) in [4.78, 5) is 0. The van der Waals surface area contributed by atoms with Gasteiger partial charge in [-0.3, -0.25) is 11.3 Å². The summed E-state index contributed by atoms with van der Waals surface area (Å²) in [5.74, 6) is 6.01. The number of benzene rings is 1. The maximum Gasteiger partial charge on any atom is 0.123 e. The molecule has 0 saturated heterocycles. The van der Waals surface area contributed by atoms with E-state index in [-0.39, 0.29) is 11.9 Å². The average molecular weight is 271 g/mol. The van der Waals surface area contributed by atoms with Crippen LogP contribution in [0.15, 0.2) is 18.2 Å². The molecule has 1 aliphatic rings. The number of hydrogen-bond acceptors (Lipinski definition) is 2. The normalized spacial score (nSPS) is 18.8. The molecular weight excluding hydrogens is 251 g/mol. The van der Waals surface area contributed by atoms with Crippen LogP contribution in [0.25, 0.3) is 0 Å². The van der Waals surface area contributed by atoms with Crippen LogP contribution in [0.3, 0.4) is 0 Å². The second kappa shape index (κ2) is 6.50. The van der Waals surface area contributed by atoms with Gasteiger partial charge in [0.15, 0.2) is 0 Å². The number of hydrogen-bond donors (Lipinski definition) is 2. The fraction of sp³-hybridized carbons (Fsp3) is 0.571. The molecule has 0 heterocycles. The molecule has 4 heteroatoms. The Hall–Kier alpha value is -0.640. The van der Waals surface area contributed by atoms with Gasteiger partial charge in [-0.25, -0.2) is 4.39 Å². The van der Waals surface area contributed by atoms with E-state index in [9.17, 15) is 4.39 Å². The van der Waals surface area contributed by atoms with Crippen molar-refractivity contribution in [3.05, 3.63) is 34.6 Å². The van der Waals surface area contributed by atoms with E-state index in [2.05, 4.69) is 5.43 Å². The van der Waals surface area contributed by atoms with Crippen molar-refractivity contribution in [3.8, 4) is 0 Å². The fourth-order valence-corrected chi connectivity index (χ4v) is 3.07. The van der Waals surface area contributed by atoms with Crippen LogP contribution in [0.2, 0.25) is 5.02 Å². The highest BCUT2D eigenvalue weighted by atomic mass is 35.5. The van der Waals surface area contributed by atoms with Gasteiger partial charge >= 0.3 is 0 Å². The van der Waals surface area contributed by atoms with E-state index in [1.54, 1.807) is 6.07 Å². The van der Waals surface area contributed by atoms with Crippen molar-refractivity contribution in [2.75, 3.05) is 0 Å². The predicted octanol–water partition coefficient (Wildman–Crippen LogP) is 3.95. The maximum atomic E-state index is 13.3. The highest BCUT2D eigenvalue weighted by Crippen LogP contribution is 2.34. The maximum absolute atomic E-state index is 13.3. The van der Waals surface area contributed by atoms with Crippen LogP contribution in [0, 0.1) is 11.7 Å². The lowest BCUT2D eigenvalue weighted by Crippen LogP contribution is -2.30. The molecule has 1 atom stereocenters. The number of rotatable bonds is 4. The van der Waals surface area contributed by atoms with Crippen LogP contribution in [-0.4, -0.2) is 0 Å². The lowest BCUT2D eigenvalue weighted by molar-refractivity contribution is 0.301. The molecule has 3 N–H and O–H groups in total. The van der Waals surface area contributed by atoms with Gasteiger partial charge in [0.1, 0.15) is 5.82 Å². The molecule has 0 radical (unpaired) electrons. The van der Waals surface area contributed by atoms with Crippen LogP contribution in [-0.2, 0) is 0 Å². The van der Waals surface area contributed by atoms with Gasteiger partial charge in [0.2, 0.25) is 0 Å². The Labute approximate surface area is 113 Å². The standard InChI is InChI=1S/C14H20ClFN2/c15-13-7-6-11(16)9-12(13)14(18-17)8-10-4-2-1-3-5-10/h6-7,9-10,14,18H,1-5,8,17H2. The number of halogens is 2. The monoisotopic (exact) mass is 270 g/mol. The van der Waals surface area contributed by atoms with Crippen molar-refractivity contribution in [1.82, 2.24) is 5.43 Å². The van der Waals surface area contributed by atoms with Gasteiger partial charge in [0.05, 0.1) is 0 Å². The first-order chi connectivity index (χ1) is 8.70. The van der Waals surface area contributed by atoms with Crippen LogP contribution in [0.1, 0.15) is 50.1 Å². The van der Waals surface area contributed by atoms with Crippen molar-refractivity contribution >= 4 is 11.6 Å². The minimum Gasteiger partial charge on any atom is -0.271 e. The zero-order chi connectivity index (χ0) is 13.0. The second-order valence-corrected chi connectivity index (χ2v) is 5.53. The van der Waals surface area contributed by atoms with E-state index < -0.39 is 0 Å². The van der Waals surface area contributed by atoms with E-state index in [0.717, 1.165) is 12.0 Å². The minimum atomic E-state index is -0.265. The van der Waals surface area contributed by atoms with Gasteiger partial charge in [0.25, 0.3) is 0 Å². The lowest BCUT2D eigenvalue weighted by Gasteiger charge is -2.26. The SMILES string of the molecule is NNC(CC1CCCCC1)c1cc(F)ccc1Cl. The first-order valence-corrected chi connectivity index (χ1v) is 6.99.